The molecule has 37 heavy (non-hydrogen) atoms. The molecule has 9 heteroatoms. The normalized spacial score (nSPS) is 20.1. The molecule has 196 valence electrons. The molecule has 2 N–H and O–H groups in total. The van der Waals surface area contributed by atoms with Crippen molar-refractivity contribution in [3.8, 4) is 11.5 Å². The third-order valence-corrected chi connectivity index (χ3v) is 8.06. The molecule has 0 unspecified atom stereocenters. The van der Waals surface area contributed by atoms with Gasteiger partial charge in [0.05, 0.1) is 19.1 Å². The number of fused-ring (bicyclic) bond motifs is 1. The molecule has 8 nitrogen and oxygen atoms in total. The van der Waals surface area contributed by atoms with E-state index in [9.17, 15) is 14.7 Å². The minimum atomic E-state index is -1.06. The minimum Gasteiger partial charge on any atom is -0.493 e. The Morgan fingerprint density at radius 1 is 1.16 bits per heavy atom. The Morgan fingerprint density at radius 3 is 2.62 bits per heavy atom. The zero-order chi connectivity index (χ0) is 25.8. The summed E-state index contributed by atoms with van der Waals surface area (Å²) in [4.78, 5) is 29.0. The Hall–Kier alpha value is -3.17. The van der Waals surface area contributed by atoms with Crippen molar-refractivity contribution in [2.75, 3.05) is 19.6 Å². The van der Waals surface area contributed by atoms with E-state index in [1.54, 1.807) is 18.9 Å². The fraction of sp³-hybridized carbons (Fsp3) is 0.429. The average molecular weight is 525 g/mol. The maximum atomic E-state index is 14.0. The van der Waals surface area contributed by atoms with Crippen LogP contribution in [0.4, 0.5) is 0 Å². The number of hydrogen-bond acceptors (Lipinski definition) is 7. The van der Waals surface area contributed by atoms with Crippen LogP contribution < -0.4 is 14.8 Å². The van der Waals surface area contributed by atoms with E-state index in [0.717, 1.165) is 53.2 Å². The van der Waals surface area contributed by atoms with Gasteiger partial charge >= 0.3 is 5.97 Å². The predicted molar refractivity (Wildman–Crippen MR) is 140 cm³/mol. The number of carboxylic acid groups (broad SMARTS) is 1. The number of thioether (sulfide) groups is 1. The fourth-order valence-corrected chi connectivity index (χ4v) is 5.88. The van der Waals surface area contributed by atoms with Crippen molar-refractivity contribution in [1.82, 2.24) is 10.2 Å². The second-order valence-electron chi connectivity index (χ2n) is 9.48. The van der Waals surface area contributed by atoms with Crippen molar-refractivity contribution in [3.63, 3.8) is 0 Å². The van der Waals surface area contributed by atoms with E-state index in [4.69, 9.17) is 14.2 Å². The maximum absolute atomic E-state index is 14.0. The monoisotopic (exact) mass is 524 g/mol. The van der Waals surface area contributed by atoms with Crippen LogP contribution in [0.1, 0.15) is 48.5 Å². The summed E-state index contributed by atoms with van der Waals surface area (Å²) in [5, 5.41) is 13.4. The van der Waals surface area contributed by atoms with Gasteiger partial charge in [-0.3, -0.25) is 4.79 Å². The summed E-state index contributed by atoms with van der Waals surface area (Å²) in [7, 11) is 1.57. The molecule has 0 saturated heterocycles. The van der Waals surface area contributed by atoms with Gasteiger partial charge < -0.3 is 29.5 Å². The van der Waals surface area contributed by atoms with Crippen molar-refractivity contribution in [2.24, 2.45) is 0 Å². The van der Waals surface area contributed by atoms with E-state index in [1.165, 1.54) is 4.90 Å². The summed E-state index contributed by atoms with van der Waals surface area (Å²) in [6.07, 6.45) is 5.16. The number of amides is 1. The van der Waals surface area contributed by atoms with E-state index in [0.29, 0.717) is 18.1 Å². The number of methoxy groups -OCH3 is 1. The van der Waals surface area contributed by atoms with Crippen LogP contribution in [0, 0.1) is 0 Å². The lowest BCUT2D eigenvalue weighted by Gasteiger charge is -2.37. The molecule has 2 heterocycles. The summed E-state index contributed by atoms with van der Waals surface area (Å²) in [5.74, 6) is 0.498. The highest BCUT2D eigenvalue weighted by Gasteiger charge is 2.41. The Bertz CT molecular complexity index is 1160. The highest BCUT2D eigenvalue weighted by Crippen LogP contribution is 2.40. The molecule has 2 aromatic rings. The molecule has 0 radical (unpaired) electrons. The Morgan fingerprint density at radius 2 is 1.95 bits per heavy atom. The van der Waals surface area contributed by atoms with Crippen LogP contribution >= 0.6 is 11.8 Å². The lowest BCUT2D eigenvalue weighted by Crippen LogP contribution is -2.50. The van der Waals surface area contributed by atoms with Crippen LogP contribution in [0.2, 0.25) is 0 Å². The summed E-state index contributed by atoms with van der Waals surface area (Å²) >= 11 is 1.66. The first-order valence-electron chi connectivity index (χ1n) is 12.7. The van der Waals surface area contributed by atoms with Gasteiger partial charge in [-0.15, -0.1) is 11.8 Å². The summed E-state index contributed by atoms with van der Waals surface area (Å²) in [5.41, 5.74) is 2.35. The summed E-state index contributed by atoms with van der Waals surface area (Å²) in [6, 6.07) is 12.0. The van der Waals surface area contributed by atoms with Crippen LogP contribution in [-0.2, 0) is 27.3 Å². The number of ether oxygens (including phenoxy) is 3. The predicted octanol–water partition coefficient (Wildman–Crippen LogP) is 4.25. The fourth-order valence-electron chi connectivity index (χ4n) is 5.22. The lowest BCUT2D eigenvalue weighted by atomic mass is 9.91. The van der Waals surface area contributed by atoms with E-state index in [1.807, 2.05) is 48.7 Å². The second-order valence-corrected chi connectivity index (χ2v) is 10.6. The van der Waals surface area contributed by atoms with Crippen LogP contribution in [0.5, 0.6) is 11.5 Å². The molecular weight excluding hydrogens is 492 g/mol. The molecule has 1 amide bonds. The van der Waals surface area contributed by atoms with Gasteiger partial charge in [-0.1, -0.05) is 49.2 Å². The van der Waals surface area contributed by atoms with Crippen LogP contribution in [0.3, 0.4) is 0 Å². The van der Waals surface area contributed by atoms with Gasteiger partial charge in [-0.05, 0) is 30.0 Å². The Balaban J connectivity index is 1.45. The summed E-state index contributed by atoms with van der Waals surface area (Å²) < 4.78 is 18.1. The number of carboxylic acids is 1. The number of carbonyl (C=O) groups is 2. The van der Waals surface area contributed by atoms with Crippen molar-refractivity contribution < 1.29 is 28.9 Å². The van der Waals surface area contributed by atoms with Gasteiger partial charge in [0, 0.05) is 29.6 Å². The highest BCUT2D eigenvalue weighted by molar-refractivity contribution is 8.03. The second kappa shape index (κ2) is 11.5. The summed E-state index contributed by atoms with van der Waals surface area (Å²) in [6.45, 7) is 0.512. The highest BCUT2D eigenvalue weighted by atomic mass is 32.2. The molecule has 2 aromatic carbocycles. The van der Waals surface area contributed by atoms with Crippen LogP contribution in [0.25, 0.3) is 0 Å². The molecule has 3 aliphatic rings. The van der Waals surface area contributed by atoms with E-state index in [2.05, 4.69) is 5.32 Å². The van der Waals surface area contributed by atoms with Crippen molar-refractivity contribution in [3.05, 3.63) is 70.3 Å². The molecule has 1 saturated carbocycles. The quantitative estimate of drug-likeness (QED) is 0.503. The SMILES string of the molecule is COc1ccc2c(c1OCC1=CNCS1)C[C@@H](C(=O)O)N(C(=O)[C@H](OC1CCCC1)c1ccccc1)C2. The number of benzene rings is 2. The first kappa shape index (κ1) is 25.5. The van der Waals surface area contributed by atoms with Gasteiger partial charge in [0.25, 0.3) is 5.91 Å². The van der Waals surface area contributed by atoms with E-state index >= 15 is 0 Å². The van der Waals surface area contributed by atoms with Gasteiger partial charge in [0.15, 0.2) is 17.6 Å². The average Bonchev–Trinajstić information content (AvgIpc) is 3.64. The van der Waals surface area contributed by atoms with Crippen molar-refractivity contribution >= 4 is 23.6 Å². The van der Waals surface area contributed by atoms with Gasteiger partial charge in [-0.2, -0.15) is 0 Å². The Labute approximate surface area is 221 Å². The van der Waals surface area contributed by atoms with Crippen LogP contribution in [0.15, 0.2) is 53.6 Å². The zero-order valence-electron chi connectivity index (χ0n) is 20.9. The van der Waals surface area contributed by atoms with E-state index in [-0.39, 0.29) is 25.0 Å². The molecule has 2 aliphatic heterocycles. The van der Waals surface area contributed by atoms with Crippen molar-refractivity contribution in [1.29, 1.82) is 0 Å². The number of rotatable bonds is 9. The number of aliphatic carboxylic acids is 1. The maximum Gasteiger partial charge on any atom is 0.326 e. The number of carbonyl (C=O) groups excluding carboxylic acids is 1. The molecule has 0 bridgehead atoms. The standard InChI is InChI=1S/C28H32N2O6S/c1-34-24-12-11-19-15-30(23(28(32)33)13-22(19)26(24)35-16-21-14-29-17-37-21)27(31)25(18-7-3-2-4-8-18)36-20-9-5-6-10-20/h2-4,7-8,11-12,14,20,23,25,29H,5-6,9-10,13,15-17H2,1H3,(H,32,33)/t23-,25+/m0/s1. The van der Waals surface area contributed by atoms with Crippen LogP contribution in [-0.4, -0.2) is 53.6 Å². The number of nitrogens with zero attached hydrogens (tertiary/aromatic N) is 1. The molecule has 0 aromatic heterocycles. The molecule has 1 aliphatic carbocycles. The zero-order valence-corrected chi connectivity index (χ0v) is 21.7. The van der Waals surface area contributed by atoms with E-state index < -0.39 is 18.1 Å². The Kier molecular flexibility index (Phi) is 7.90. The largest absolute Gasteiger partial charge is 0.493 e. The molecule has 5 rings (SSSR count). The minimum absolute atomic E-state index is 0.00368. The third-order valence-electron chi connectivity index (χ3n) is 7.14. The molecule has 0 spiro atoms. The topological polar surface area (TPSA) is 97.3 Å². The van der Waals surface area contributed by atoms with Gasteiger partial charge in [0.2, 0.25) is 0 Å². The van der Waals surface area contributed by atoms with Gasteiger partial charge in [0.1, 0.15) is 12.6 Å². The smallest absolute Gasteiger partial charge is 0.326 e. The first-order valence-corrected chi connectivity index (χ1v) is 13.6. The van der Waals surface area contributed by atoms with Gasteiger partial charge in [-0.25, -0.2) is 4.79 Å². The molecule has 2 atom stereocenters. The number of hydrogen-bond donors (Lipinski definition) is 2. The number of nitrogens with one attached hydrogen (secondary N) is 1. The van der Waals surface area contributed by atoms with Crippen molar-refractivity contribution in [2.45, 2.75) is 56.9 Å². The lowest BCUT2D eigenvalue weighted by molar-refractivity contribution is -0.160. The third kappa shape index (κ3) is 5.57. The molecule has 1 fully saturated rings. The first-order chi connectivity index (χ1) is 18.0. The molecular formula is C28H32N2O6S.